The Labute approximate surface area is 144 Å². The van der Waals surface area contributed by atoms with Crippen molar-refractivity contribution in [1.29, 1.82) is 0 Å². The summed E-state index contributed by atoms with van der Waals surface area (Å²) in [5.41, 5.74) is 8.90. The first kappa shape index (κ1) is 18.1. The first-order valence-corrected chi connectivity index (χ1v) is 8.13. The monoisotopic (exact) mass is 326 g/mol. The number of esters is 1. The van der Waals surface area contributed by atoms with Gasteiger partial charge in [0.1, 0.15) is 11.5 Å². The van der Waals surface area contributed by atoms with Crippen LogP contribution < -0.4 is 9.47 Å². The Balaban J connectivity index is 2.75. The van der Waals surface area contributed by atoms with Gasteiger partial charge in [0.25, 0.3) is 0 Å². The molecule has 0 aliphatic rings. The van der Waals surface area contributed by atoms with E-state index in [1.165, 1.54) is 18.1 Å². The van der Waals surface area contributed by atoms with E-state index >= 15 is 0 Å². The molecule has 3 heteroatoms. The van der Waals surface area contributed by atoms with Gasteiger partial charge in [-0.1, -0.05) is 0 Å². The lowest BCUT2D eigenvalue weighted by Crippen LogP contribution is -2.08. The number of hydrogen-bond acceptors (Lipinski definition) is 3. The quantitative estimate of drug-likeness (QED) is 0.579. The summed E-state index contributed by atoms with van der Waals surface area (Å²) in [7, 11) is 1.70. The Morgan fingerprint density at radius 2 is 1.25 bits per heavy atom. The summed E-state index contributed by atoms with van der Waals surface area (Å²) in [5.74, 6) is 1.33. The fourth-order valence-electron chi connectivity index (χ4n) is 3.42. The lowest BCUT2D eigenvalue weighted by molar-refractivity contribution is -0.131. The van der Waals surface area contributed by atoms with Gasteiger partial charge in [-0.05, 0) is 98.2 Å². The molecular weight excluding hydrogens is 300 g/mol. The van der Waals surface area contributed by atoms with E-state index in [1.807, 2.05) is 13.8 Å². The van der Waals surface area contributed by atoms with Crippen molar-refractivity contribution >= 4 is 5.97 Å². The van der Waals surface area contributed by atoms with Crippen LogP contribution in [0.1, 0.15) is 40.3 Å². The highest BCUT2D eigenvalue weighted by Crippen LogP contribution is 2.40. The zero-order chi connectivity index (χ0) is 18.2. The van der Waals surface area contributed by atoms with Gasteiger partial charge in [0.05, 0.1) is 7.11 Å². The number of ether oxygens (including phenoxy) is 2. The second-order valence-corrected chi connectivity index (χ2v) is 6.44. The maximum atomic E-state index is 11.4. The summed E-state index contributed by atoms with van der Waals surface area (Å²) in [6.07, 6.45) is 0. The number of methoxy groups -OCH3 is 1. The summed E-state index contributed by atoms with van der Waals surface area (Å²) in [6.45, 7) is 13.7. The van der Waals surface area contributed by atoms with Crippen molar-refractivity contribution in [1.82, 2.24) is 0 Å². The number of rotatable bonds is 3. The van der Waals surface area contributed by atoms with Gasteiger partial charge in [-0.3, -0.25) is 4.79 Å². The van der Waals surface area contributed by atoms with Crippen molar-refractivity contribution in [3.05, 3.63) is 45.5 Å². The Morgan fingerprint density at radius 1 is 0.792 bits per heavy atom. The summed E-state index contributed by atoms with van der Waals surface area (Å²) in [5, 5.41) is 0. The van der Waals surface area contributed by atoms with Crippen molar-refractivity contribution < 1.29 is 14.3 Å². The van der Waals surface area contributed by atoms with E-state index in [0.717, 1.165) is 39.1 Å². The molecule has 2 aromatic rings. The van der Waals surface area contributed by atoms with Crippen LogP contribution in [0.5, 0.6) is 11.5 Å². The second kappa shape index (κ2) is 6.68. The summed E-state index contributed by atoms with van der Waals surface area (Å²) >= 11 is 0. The molecule has 0 saturated carbocycles. The van der Waals surface area contributed by atoms with Crippen molar-refractivity contribution in [2.45, 2.75) is 48.5 Å². The number of aryl methyl sites for hydroxylation is 2. The maximum absolute atomic E-state index is 11.4. The van der Waals surface area contributed by atoms with Gasteiger partial charge in [0, 0.05) is 6.92 Å². The first-order valence-electron chi connectivity index (χ1n) is 8.13. The van der Waals surface area contributed by atoms with Crippen LogP contribution >= 0.6 is 0 Å². The topological polar surface area (TPSA) is 35.5 Å². The third kappa shape index (κ3) is 3.03. The van der Waals surface area contributed by atoms with Gasteiger partial charge in [0.2, 0.25) is 0 Å². The smallest absolute Gasteiger partial charge is 0.308 e. The van der Waals surface area contributed by atoms with Crippen LogP contribution in [0.3, 0.4) is 0 Å². The minimum Gasteiger partial charge on any atom is -0.496 e. The molecule has 2 rings (SSSR count). The second-order valence-electron chi connectivity index (χ2n) is 6.44. The molecule has 24 heavy (non-hydrogen) atoms. The van der Waals surface area contributed by atoms with E-state index in [4.69, 9.17) is 9.47 Å². The molecule has 0 radical (unpaired) electrons. The van der Waals surface area contributed by atoms with Crippen LogP contribution in [0.15, 0.2) is 12.1 Å². The molecule has 0 atom stereocenters. The standard InChI is InChI=1S/C21H26O3/c1-11-9-18(10-12(2)20(11)23-8)19-13(3)15(5)21(24-17(7)22)16(6)14(19)4/h9-10H,1-8H3. The average Bonchev–Trinajstić information content (AvgIpc) is 2.49. The van der Waals surface area contributed by atoms with Crippen molar-refractivity contribution in [3.8, 4) is 22.6 Å². The lowest BCUT2D eigenvalue weighted by atomic mass is 9.87. The molecule has 0 unspecified atom stereocenters. The van der Waals surface area contributed by atoms with Gasteiger partial charge in [-0.15, -0.1) is 0 Å². The Bertz CT molecular complexity index is 764. The molecule has 0 aliphatic carbocycles. The first-order chi connectivity index (χ1) is 11.2. The highest BCUT2D eigenvalue weighted by atomic mass is 16.5. The number of hydrogen-bond donors (Lipinski definition) is 0. The fourth-order valence-corrected chi connectivity index (χ4v) is 3.42. The Kier molecular flexibility index (Phi) is 5.02. The molecule has 3 nitrogen and oxygen atoms in total. The average molecular weight is 326 g/mol. The van der Waals surface area contributed by atoms with Crippen LogP contribution in [-0.4, -0.2) is 13.1 Å². The van der Waals surface area contributed by atoms with Gasteiger partial charge in [-0.25, -0.2) is 0 Å². The third-order valence-electron chi connectivity index (χ3n) is 4.76. The zero-order valence-electron chi connectivity index (χ0n) is 15.9. The molecule has 0 heterocycles. The summed E-state index contributed by atoms with van der Waals surface area (Å²) in [6, 6.07) is 4.32. The predicted octanol–water partition coefficient (Wildman–Crippen LogP) is 5.14. The Morgan fingerprint density at radius 3 is 1.62 bits per heavy atom. The minimum atomic E-state index is -0.288. The molecule has 0 fully saturated rings. The van der Waals surface area contributed by atoms with Crippen LogP contribution in [-0.2, 0) is 4.79 Å². The van der Waals surface area contributed by atoms with Gasteiger partial charge < -0.3 is 9.47 Å². The molecular formula is C21H26O3. The van der Waals surface area contributed by atoms with E-state index in [0.29, 0.717) is 5.75 Å². The molecule has 128 valence electrons. The Hall–Kier alpha value is -2.29. The molecule has 0 amide bonds. The summed E-state index contributed by atoms with van der Waals surface area (Å²) in [4.78, 5) is 11.4. The van der Waals surface area contributed by atoms with Crippen LogP contribution in [0.2, 0.25) is 0 Å². The predicted molar refractivity (Wildman–Crippen MR) is 98.2 cm³/mol. The van der Waals surface area contributed by atoms with E-state index in [1.54, 1.807) is 7.11 Å². The van der Waals surface area contributed by atoms with Crippen molar-refractivity contribution in [3.63, 3.8) is 0 Å². The normalized spacial score (nSPS) is 10.7. The lowest BCUT2D eigenvalue weighted by Gasteiger charge is -2.21. The third-order valence-corrected chi connectivity index (χ3v) is 4.76. The van der Waals surface area contributed by atoms with E-state index in [9.17, 15) is 4.79 Å². The van der Waals surface area contributed by atoms with Gasteiger partial charge in [-0.2, -0.15) is 0 Å². The molecule has 0 saturated heterocycles. The van der Waals surface area contributed by atoms with E-state index < -0.39 is 0 Å². The molecule has 0 aromatic heterocycles. The van der Waals surface area contributed by atoms with E-state index in [2.05, 4.69) is 39.8 Å². The molecule has 2 aromatic carbocycles. The molecule has 0 N–H and O–H groups in total. The minimum absolute atomic E-state index is 0.288. The highest BCUT2D eigenvalue weighted by molar-refractivity contribution is 5.79. The van der Waals surface area contributed by atoms with Crippen molar-refractivity contribution in [2.24, 2.45) is 0 Å². The van der Waals surface area contributed by atoms with Crippen LogP contribution in [0.25, 0.3) is 11.1 Å². The van der Waals surface area contributed by atoms with E-state index in [-0.39, 0.29) is 5.97 Å². The molecule has 0 aliphatic heterocycles. The molecule has 0 bridgehead atoms. The fraction of sp³-hybridized carbons (Fsp3) is 0.381. The highest BCUT2D eigenvalue weighted by Gasteiger charge is 2.19. The van der Waals surface area contributed by atoms with Gasteiger partial charge in [0.15, 0.2) is 0 Å². The zero-order valence-corrected chi connectivity index (χ0v) is 15.9. The number of carbonyl (C=O) groups is 1. The largest absolute Gasteiger partial charge is 0.496 e. The number of carbonyl (C=O) groups excluding carboxylic acids is 1. The summed E-state index contributed by atoms with van der Waals surface area (Å²) < 4.78 is 10.9. The van der Waals surface area contributed by atoms with Crippen molar-refractivity contribution in [2.75, 3.05) is 7.11 Å². The van der Waals surface area contributed by atoms with Gasteiger partial charge >= 0.3 is 5.97 Å². The van der Waals surface area contributed by atoms with Crippen LogP contribution in [0.4, 0.5) is 0 Å². The van der Waals surface area contributed by atoms with Crippen LogP contribution in [0, 0.1) is 41.5 Å². The maximum Gasteiger partial charge on any atom is 0.308 e. The number of benzene rings is 2. The molecule has 0 spiro atoms. The SMILES string of the molecule is COc1c(C)cc(-c2c(C)c(C)c(OC(C)=O)c(C)c2C)cc1C.